The summed E-state index contributed by atoms with van der Waals surface area (Å²) in [6, 6.07) is 17.4. The molecule has 0 aliphatic rings. The van der Waals surface area contributed by atoms with Crippen LogP contribution in [-0.2, 0) is 0 Å². The molecule has 0 saturated heterocycles. The lowest BCUT2D eigenvalue weighted by atomic mass is 10.1. The number of para-hydroxylation sites is 1. The first-order chi connectivity index (χ1) is 12.5. The number of rotatable bonds is 6. The van der Waals surface area contributed by atoms with Crippen LogP contribution < -0.4 is 16.4 Å². The van der Waals surface area contributed by atoms with Crippen LogP contribution in [0.15, 0.2) is 54.6 Å². The zero-order valence-electron chi connectivity index (χ0n) is 14.6. The van der Waals surface area contributed by atoms with Crippen LogP contribution in [-0.4, -0.2) is 15.0 Å². The highest BCUT2D eigenvalue weighted by molar-refractivity contribution is 6.30. The summed E-state index contributed by atoms with van der Waals surface area (Å²) in [5.41, 5.74) is 7.88. The predicted molar refractivity (Wildman–Crippen MR) is 105 cm³/mol. The van der Waals surface area contributed by atoms with E-state index in [9.17, 15) is 0 Å². The van der Waals surface area contributed by atoms with E-state index in [1.54, 1.807) is 0 Å². The van der Waals surface area contributed by atoms with Crippen molar-refractivity contribution in [3.63, 3.8) is 0 Å². The standard InChI is InChI=1S/C19H21ClN6/c1-12(14-8-10-15(20)11-9-14)22-13(2)17-24-18(21)26-19(25-17)23-16-6-4-3-5-7-16/h3-13,22H,1-2H3,(H3,21,23,24,25,26). The largest absolute Gasteiger partial charge is 0.368 e. The maximum Gasteiger partial charge on any atom is 0.232 e. The van der Waals surface area contributed by atoms with Gasteiger partial charge >= 0.3 is 0 Å². The van der Waals surface area contributed by atoms with E-state index in [4.69, 9.17) is 17.3 Å². The Labute approximate surface area is 157 Å². The van der Waals surface area contributed by atoms with Crippen molar-refractivity contribution in [3.8, 4) is 0 Å². The van der Waals surface area contributed by atoms with Crippen LogP contribution in [0.4, 0.5) is 17.6 Å². The molecule has 0 bridgehead atoms. The van der Waals surface area contributed by atoms with Crippen molar-refractivity contribution in [1.29, 1.82) is 0 Å². The second-order valence-corrected chi connectivity index (χ2v) is 6.46. The van der Waals surface area contributed by atoms with Gasteiger partial charge in [0, 0.05) is 16.8 Å². The number of nitrogen functional groups attached to an aromatic ring is 1. The van der Waals surface area contributed by atoms with E-state index >= 15 is 0 Å². The molecule has 7 heteroatoms. The Balaban J connectivity index is 1.74. The highest BCUT2D eigenvalue weighted by Crippen LogP contribution is 2.21. The molecule has 2 unspecified atom stereocenters. The van der Waals surface area contributed by atoms with Crippen molar-refractivity contribution in [2.75, 3.05) is 11.1 Å². The van der Waals surface area contributed by atoms with Crippen LogP contribution in [0, 0.1) is 0 Å². The van der Waals surface area contributed by atoms with E-state index in [0.29, 0.717) is 11.8 Å². The summed E-state index contributed by atoms with van der Waals surface area (Å²) < 4.78 is 0. The van der Waals surface area contributed by atoms with Gasteiger partial charge in [-0.1, -0.05) is 41.9 Å². The highest BCUT2D eigenvalue weighted by atomic mass is 35.5. The number of halogens is 1. The molecule has 2 atom stereocenters. The maximum atomic E-state index is 5.95. The van der Waals surface area contributed by atoms with Gasteiger partial charge in [-0.25, -0.2) is 0 Å². The first-order valence-electron chi connectivity index (χ1n) is 8.36. The lowest BCUT2D eigenvalue weighted by molar-refractivity contribution is 0.476. The Morgan fingerprint density at radius 3 is 2.27 bits per heavy atom. The number of nitrogens with one attached hydrogen (secondary N) is 2. The normalized spacial score (nSPS) is 13.2. The maximum absolute atomic E-state index is 5.95. The Bertz CT molecular complexity index is 854. The summed E-state index contributed by atoms with van der Waals surface area (Å²) in [6.45, 7) is 4.07. The van der Waals surface area contributed by atoms with Crippen molar-refractivity contribution in [2.24, 2.45) is 0 Å². The molecule has 4 N–H and O–H groups in total. The molecule has 3 rings (SSSR count). The third kappa shape index (κ3) is 4.68. The lowest BCUT2D eigenvalue weighted by Gasteiger charge is -2.20. The fourth-order valence-corrected chi connectivity index (χ4v) is 2.73. The second kappa shape index (κ2) is 8.12. The molecular weight excluding hydrogens is 348 g/mol. The molecular formula is C19H21ClN6. The van der Waals surface area contributed by atoms with Gasteiger partial charge in [0.25, 0.3) is 0 Å². The van der Waals surface area contributed by atoms with Gasteiger partial charge in [0.15, 0.2) is 5.82 Å². The monoisotopic (exact) mass is 368 g/mol. The number of benzene rings is 2. The average Bonchev–Trinajstić information content (AvgIpc) is 2.62. The third-order valence-electron chi connectivity index (χ3n) is 3.96. The summed E-state index contributed by atoms with van der Waals surface area (Å²) in [4.78, 5) is 12.9. The highest BCUT2D eigenvalue weighted by Gasteiger charge is 2.15. The van der Waals surface area contributed by atoms with Gasteiger partial charge in [0.05, 0.1) is 6.04 Å². The first-order valence-corrected chi connectivity index (χ1v) is 8.74. The molecule has 3 aromatic rings. The Kier molecular flexibility index (Phi) is 5.65. The molecule has 0 fully saturated rings. The van der Waals surface area contributed by atoms with Crippen molar-refractivity contribution < 1.29 is 0 Å². The van der Waals surface area contributed by atoms with Crippen LogP contribution in [0.25, 0.3) is 0 Å². The Morgan fingerprint density at radius 1 is 0.885 bits per heavy atom. The SMILES string of the molecule is CC(NC(C)c1nc(N)nc(Nc2ccccc2)n1)c1ccc(Cl)cc1. The molecule has 0 amide bonds. The summed E-state index contributed by atoms with van der Waals surface area (Å²) >= 11 is 5.95. The number of hydrogen-bond acceptors (Lipinski definition) is 6. The van der Waals surface area contributed by atoms with E-state index in [0.717, 1.165) is 16.3 Å². The van der Waals surface area contributed by atoms with Crippen molar-refractivity contribution >= 4 is 29.2 Å². The van der Waals surface area contributed by atoms with Gasteiger partial charge in [-0.15, -0.1) is 0 Å². The molecule has 2 aromatic carbocycles. The van der Waals surface area contributed by atoms with Crippen LogP contribution in [0.5, 0.6) is 0 Å². The van der Waals surface area contributed by atoms with E-state index in [1.807, 2.05) is 61.5 Å². The van der Waals surface area contributed by atoms with E-state index in [1.165, 1.54) is 0 Å². The molecule has 134 valence electrons. The fourth-order valence-electron chi connectivity index (χ4n) is 2.61. The number of anilines is 3. The molecule has 0 radical (unpaired) electrons. The van der Waals surface area contributed by atoms with E-state index < -0.39 is 0 Å². The molecule has 0 aliphatic carbocycles. The van der Waals surface area contributed by atoms with Gasteiger partial charge < -0.3 is 16.4 Å². The van der Waals surface area contributed by atoms with Crippen LogP contribution >= 0.6 is 11.6 Å². The summed E-state index contributed by atoms with van der Waals surface area (Å²) in [7, 11) is 0. The second-order valence-electron chi connectivity index (χ2n) is 6.03. The van der Waals surface area contributed by atoms with E-state index in [2.05, 4.69) is 32.5 Å². The number of hydrogen-bond donors (Lipinski definition) is 3. The van der Waals surface area contributed by atoms with Crippen molar-refractivity contribution in [3.05, 3.63) is 71.0 Å². The first kappa shape index (κ1) is 18.1. The molecule has 6 nitrogen and oxygen atoms in total. The molecule has 26 heavy (non-hydrogen) atoms. The zero-order valence-corrected chi connectivity index (χ0v) is 15.4. The molecule has 0 saturated carbocycles. The minimum Gasteiger partial charge on any atom is -0.368 e. The van der Waals surface area contributed by atoms with Gasteiger partial charge in [0.1, 0.15) is 0 Å². The minimum atomic E-state index is -0.109. The smallest absolute Gasteiger partial charge is 0.232 e. The zero-order chi connectivity index (χ0) is 18.5. The van der Waals surface area contributed by atoms with Gasteiger partial charge in [-0.2, -0.15) is 15.0 Å². The molecule has 0 spiro atoms. The fraction of sp³-hybridized carbons (Fsp3) is 0.211. The summed E-state index contributed by atoms with van der Waals surface area (Å²) in [5, 5.41) is 7.34. The molecule has 1 heterocycles. The van der Waals surface area contributed by atoms with Crippen molar-refractivity contribution in [1.82, 2.24) is 20.3 Å². The van der Waals surface area contributed by atoms with Crippen molar-refractivity contribution in [2.45, 2.75) is 25.9 Å². The topological polar surface area (TPSA) is 88.8 Å². The summed E-state index contributed by atoms with van der Waals surface area (Å²) in [5.74, 6) is 1.18. The van der Waals surface area contributed by atoms with Crippen LogP contribution in [0.1, 0.15) is 37.3 Å². The molecule has 1 aromatic heterocycles. The van der Waals surface area contributed by atoms with Crippen LogP contribution in [0.2, 0.25) is 5.02 Å². The Hall–Kier alpha value is -2.70. The van der Waals surface area contributed by atoms with Gasteiger partial charge in [-0.3, -0.25) is 0 Å². The van der Waals surface area contributed by atoms with Gasteiger partial charge in [-0.05, 0) is 43.7 Å². The molecule has 0 aliphatic heterocycles. The number of nitrogens with zero attached hydrogens (tertiary/aromatic N) is 3. The Morgan fingerprint density at radius 2 is 1.58 bits per heavy atom. The number of nitrogens with two attached hydrogens (primary N) is 1. The van der Waals surface area contributed by atoms with Gasteiger partial charge in [0.2, 0.25) is 11.9 Å². The quantitative estimate of drug-likeness (QED) is 0.602. The minimum absolute atomic E-state index is 0.103. The van der Waals surface area contributed by atoms with E-state index in [-0.39, 0.29) is 18.0 Å². The number of aromatic nitrogens is 3. The van der Waals surface area contributed by atoms with Crippen LogP contribution in [0.3, 0.4) is 0 Å². The lowest BCUT2D eigenvalue weighted by Crippen LogP contribution is -2.25. The average molecular weight is 369 g/mol. The predicted octanol–water partition coefficient (Wildman–Crippen LogP) is 4.26. The summed E-state index contributed by atoms with van der Waals surface area (Å²) in [6.07, 6.45) is 0. The third-order valence-corrected chi connectivity index (χ3v) is 4.21.